The molecule has 0 saturated carbocycles. The molecule has 0 rings (SSSR count). The normalized spacial score (nSPS) is 12.4. The molecule has 19 heavy (non-hydrogen) atoms. The van der Waals surface area contributed by atoms with Gasteiger partial charge in [0.05, 0.1) is 0 Å². The number of hydrogen-bond acceptors (Lipinski definition) is 5. The van der Waals surface area contributed by atoms with Gasteiger partial charge in [0, 0.05) is 30.1 Å². The molecule has 0 N–H and O–H groups in total. The molecule has 0 unspecified atom stereocenters. The van der Waals surface area contributed by atoms with E-state index >= 15 is 0 Å². The number of nitrogens with zero attached hydrogens (tertiary/aromatic N) is 1. The highest BCUT2D eigenvalue weighted by molar-refractivity contribution is 8.03. The molecule has 0 aromatic carbocycles. The first kappa shape index (κ1) is 18.9. The molecule has 0 radical (unpaired) electrons. The lowest BCUT2D eigenvalue weighted by Crippen LogP contribution is -2.50. The molecule has 0 aromatic rings. The molecule has 0 spiro atoms. The molecule has 0 saturated heterocycles. The van der Waals surface area contributed by atoms with Crippen LogP contribution in [0.15, 0.2) is 0 Å². The third-order valence-electron chi connectivity index (χ3n) is 2.04. The predicted octanol–water partition coefficient (Wildman–Crippen LogP) is 3.80. The third kappa shape index (κ3) is 9.47. The molecule has 0 bridgehead atoms. The summed E-state index contributed by atoms with van der Waals surface area (Å²) in [4.78, 5) is 0. The second-order valence-corrected chi connectivity index (χ2v) is 8.68. The highest BCUT2D eigenvalue weighted by Gasteiger charge is 2.43. The summed E-state index contributed by atoms with van der Waals surface area (Å²) in [6.07, 6.45) is 1.10. The van der Waals surface area contributed by atoms with Crippen LogP contribution in [0.3, 0.4) is 0 Å². The van der Waals surface area contributed by atoms with Gasteiger partial charge >= 0.3 is 8.80 Å². The van der Waals surface area contributed by atoms with Crippen molar-refractivity contribution in [1.29, 1.82) is 5.26 Å². The lowest BCUT2D eigenvalue weighted by molar-refractivity contribution is 0.00319. The lowest BCUT2D eigenvalue weighted by atomic mass is 10.5. The molecular weight excluding hydrogens is 278 g/mol. The number of rotatable bonds is 10. The summed E-state index contributed by atoms with van der Waals surface area (Å²) in [6, 6.07) is 0.760. The van der Waals surface area contributed by atoms with E-state index in [2.05, 4.69) is 5.40 Å². The second kappa shape index (κ2) is 9.78. The fourth-order valence-corrected chi connectivity index (χ4v) is 5.66. The van der Waals surface area contributed by atoms with Gasteiger partial charge in [-0.25, -0.2) is 0 Å². The summed E-state index contributed by atoms with van der Waals surface area (Å²) in [5.41, 5.74) is 0. The van der Waals surface area contributed by atoms with E-state index in [1.807, 2.05) is 41.5 Å². The summed E-state index contributed by atoms with van der Waals surface area (Å²) in [5, 5.41) is 10.6. The van der Waals surface area contributed by atoms with E-state index in [1.165, 1.54) is 11.8 Å². The highest BCUT2D eigenvalue weighted by atomic mass is 32.2. The van der Waals surface area contributed by atoms with Crippen molar-refractivity contribution in [3.63, 3.8) is 0 Å². The minimum atomic E-state index is -2.66. The smallest absolute Gasteiger partial charge is 0.371 e. The molecule has 4 nitrogen and oxygen atoms in total. The van der Waals surface area contributed by atoms with Crippen LogP contribution in [0, 0.1) is 10.7 Å². The minimum Gasteiger partial charge on any atom is -0.371 e. The monoisotopic (exact) mass is 305 g/mol. The molecule has 0 aromatic heterocycles. The fourth-order valence-electron chi connectivity index (χ4n) is 1.74. The Morgan fingerprint density at radius 2 is 1.37 bits per heavy atom. The van der Waals surface area contributed by atoms with Crippen molar-refractivity contribution < 1.29 is 13.3 Å². The fraction of sp³-hybridized carbons (Fsp3) is 0.923. The third-order valence-corrected chi connectivity index (χ3v) is 6.12. The summed E-state index contributed by atoms with van der Waals surface area (Å²) in [6.45, 7) is 12.0. The first-order valence-electron chi connectivity index (χ1n) is 6.85. The number of nitriles is 1. The predicted molar refractivity (Wildman–Crippen MR) is 81.9 cm³/mol. The van der Waals surface area contributed by atoms with Crippen molar-refractivity contribution >= 4 is 20.6 Å². The van der Waals surface area contributed by atoms with Gasteiger partial charge < -0.3 is 13.3 Å². The largest absolute Gasteiger partial charge is 0.501 e. The summed E-state index contributed by atoms with van der Waals surface area (Å²) < 4.78 is 18.1. The van der Waals surface area contributed by atoms with Gasteiger partial charge in [-0.3, -0.25) is 0 Å². The van der Waals surface area contributed by atoms with Crippen LogP contribution in [0.2, 0.25) is 6.04 Å². The maximum Gasteiger partial charge on any atom is 0.501 e. The van der Waals surface area contributed by atoms with E-state index in [1.54, 1.807) is 0 Å². The Balaban J connectivity index is 4.73. The lowest BCUT2D eigenvalue weighted by Gasteiger charge is -2.34. The maximum atomic E-state index is 8.56. The average molecular weight is 306 g/mol. The van der Waals surface area contributed by atoms with Crippen LogP contribution in [0.4, 0.5) is 0 Å². The van der Waals surface area contributed by atoms with E-state index in [4.69, 9.17) is 18.5 Å². The summed E-state index contributed by atoms with van der Waals surface area (Å²) in [7, 11) is -2.66. The molecule has 0 aliphatic carbocycles. The van der Waals surface area contributed by atoms with Gasteiger partial charge in [-0.05, 0) is 59.7 Å². The Kier molecular flexibility index (Phi) is 9.75. The second-order valence-electron chi connectivity index (χ2n) is 5.23. The van der Waals surface area contributed by atoms with Crippen LogP contribution in [-0.2, 0) is 13.3 Å². The first-order valence-corrected chi connectivity index (χ1v) is 9.77. The van der Waals surface area contributed by atoms with Crippen molar-refractivity contribution in [1.82, 2.24) is 0 Å². The first-order chi connectivity index (χ1) is 8.81. The van der Waals surface area contributed by atoms with Crippen LogP contribution in [0.5, 0.6) is 0 Å². The average Bonchev–Trinajstić information content (AvgIpc) is 2.21. The molecular formula is C13H27NO3SSi. The molecule has 0 aliphatic rings. The zero-order chi connectivity index (χ0) is 14.9. The maximum absolute atomic E-state index is 8.56. The van der Waals surface area contributed by atoms with Crippen LogP contribution < -0.4 is 0 Å². The van der Waals surface area contributed by atoms with Gasteiger partial charge in [0.1, 0.15) is 5.40 Å². The number of thiocyanates is 1. The number of thioether (sulfide) groups is 1. The standard InChI is InChI=1S/C13H27NO3SSi/c1-11(2)15-19(16-12(3)4,17-13(5)6)9-7-8-18-10-14/h11-13H,7-9H2,1-6H3. The Bertz CT molecular complexity index is 253. The van der Waals surface area contributed by atoms with E-state index in [0.29, 0.717) is 0 Å². The van der Waals surface area contributed by atoms with Gasteiger partial charge in [-0.15, -0.1) is 0 Å². The molecule has 0 amide bonds. The summed E-state index contributed by atoms with van der Waals surface area (Å²) in [5.74, 6) is 0.787. The zero-order valence-corrected chi connectivity index (χ0v) is 14.8. The van der Waals surface area contributed by atoms with E-state index in [0.717, 1.165) is 18.2 Å². The van der Waals surface area contributed by atoms with E-state index < -0.39 is 8.80 Å². The van der Waals surface area contributed by atoms with Gasteiger partial charge in [0.25, 0.3) is 0 Å². The van der Waals surface area contributed by atoms with Crippen molar-refractivity contribution in [2.24, 2.45) is 0 Å². The van der Waals surface area contributed by atoms with Crippen LogP contribution in [0.25, 0.3) is 0 Å². The van der Waals surface area contributed by atoms with Crippen LogP contribution in [0.1, 0.15) is 48.0 Å². The van der Waals surface area contributed by atoms with Crippen LogP contribution >= 0.6 is 11.8 Å². The quantitative estimate of drug-likeness (QED) is 0.349. The Morgan fingerprint density at radius 3 is 1.68 bits per heavy atom. The molecule has 6 heteroatoms. The van der Waals surface area contributed by atoms with Crippen molar-refractivity contribution in [3.8, 4) is 5.40 Å². The van der Waals surface area contributed by atoms with Crippen molar-refractivity contribution in [2.45, 2.75) is 72.3 Å². The molecule has 0 aliphatic heterocycles. The van der Waals surface area contributed by atoms with E-state index in [9.17, 15) is 0 Å². The number of hydrogen-bond donors (Lipinski definition) is 0. The molecule has 0 heterocycles. The minimum absolute atomic E-state index is 0.0767. The van der Waals surface area contributed by atoms with Gasteiger partial charge in [-0.1, -0.05) is 0 Å². The highest BCUT2D eigenvalue weighted by Crippen LogP contribution is 2.24. The van der Waals surface area contributed by atoms with Crippen molar-refractivity contribution in [2.75, 3.05) is 5.75 Å². The molecule has 112 valence electrons. The Labute approximate surface area is 123 Å². The van der Waals surface area contributed by atoms with Crippen molar-refractivity contribution in [3.05, 3.63) is 0 Å². The Hall–Kier alpha value is -0.0631. The molecule has 0 atom stereocenters. The van der Waals surface area contributed by atoms with Gasteiger partial charge in [0.2, 0.25) is 0 Å². The van der Waals surface area contributed by atoms with Crippen LogP contribution in [-0.4, -0.2) is 32.9 Å². The molecule has 0 fully saturated rings. The SMILES string of the molecule is CC(C)O[Si](CCCSC#N)(OC(C)C)OC(C)C. The topological polar surface area (TPSA) is 51.5 Å². The zero-order valence-electron chi connectivity index (χ0n) is 12.9. The van der Waals surface area contributed by atoms with Gasteiger partial charge in [-0.2, -0.15) is 5.26 Å². The Morgan fingerprint density at radius 1 is 0.947 bits per heavy atom. The van der Waals surface area contributed by atoms with Gasteiger partial charge in [0.15, 0.2) is 0 Å². The summed E-state index contributed by atoms with van der Waals surface area (Å²) >= 11 is 1.27. The van der Waals surface area contributed by atoms with E-state index in [-0.39, 0.29) is 18.3 Å².